The van der Waals surface area contributed by atoms with Crippen LogP contribution in [0.2, 0.25) is 0 Å². The minimum absolute atomic E-state index is 0.586. The number of rotatable bonds is 6. The largest absolute Gasteiger partial charge is 0.456 e. The molecule has 11 aromatic rings. The molecule has 0 spiro atoms. The molecule has 0 saturated carbocycles. The second-order valence-corrected chi connectivity index (χ2v) is 14.1. The van der Waals surface area contributed by atoms with Crippen molar-refractivity contribution in [1.29, 1.82) is 0 Å². The molecule has 0 fully saturated rings. The van der Waals surface area contributed by atoms with Crippen molar-refractivity contribution >= 4 is 43.7 Å². The number of benzene rings is 8. The second kappa shape index (κ2) is 13.0. The van der Waals surface area contributed by atoms with Gasteiger partial charge in [-0.3, -0.25) is 0 Å². The zero-order valence-corrected chi connectivity index (χ0v) is 30.2. The Morgan fingerprint density at radius 2 is 0.821 bits per heavy atom. The molecule has 0 radical (unpaired) electrons. The fourth-order valence-electron chi connectivity index (χ4n) is 7.92. The average Bonchev–Trinajstić information content (AvgIpc) is 3.82. The summed E-state index contributed by atoms with van der Waals surface area (Å²) in [4.78, 5) is 15.2. The lowest BCUT2D eigenvalue weighted by Gasteiger charge is -2.12. The van der Waals surface area contributed by atoms with E-state index in [9.17, 15) is 0 Å². The molecule has 5 heteroatoms. The predicted molar refractivity (Wildman–Crippen MR) is 229 cm³/mol. The van der Waals surface area contributed by atoms with Gasteiger partial charge < -0.3 is 8.98 Å². The van der Waals surface area contributed by atoms with Crippen molar-refractivity contribution in [3.05, 3.63) is 194 Å². The molecule has 0 aliphatic rings. The van der Waals surface area contributed by atoms with Gasteiger partial charge in [0.25, 0.3) is 0 Å². The molecule has 262 valence electrons. The molecule has 8 aromatic carbocycles. The van der Waals surface area contributed by atoms with E-state index in [0.29, 0.717) is 17.5 Å². The van der Waals surface area contributed by atoms with Gasteiger partial charge in [0, 0.05) is 43.9 Å². The van der Waals surface area contributed by atoms with Gasteiger partial charge in [0.15, 0.2) is 17.5 Å². The van der Waals surface area contributed by atoms with Crippen LogP contribution in [0.15, 0.2) is 199 Å². The number of hydrogen-bond donors (Lipinski definition) is 0. The first-order chi connectivity index (χ1) is 27.7. The Hall–Kier alpha value is -7.63. The molecule has 0 bridgehead atoms. The van der Waals surface area contributed by atoms with Gasteiger partial charge in [-0.25, -0.2) is 15.0 Å². The summed E-state index contributed by atoms with van der Waals surface area (Å²) in [6, 6.07) is 67.6. The molecule has 0 unspecified atom stereocenters. The highest BCUT2D eigenvalue weighted by Gasteiger charge is 2.17. The minimum atomic E-state index is 0.586. The lowest BCUT2D eigenvalue weighted by molar-refractivity contribution is 0.669. The lowest BCUT2D eigenvalue weighted by atomic mass is 9.99. The van der Waals surface area contributed by atoms with Gasteiger partial charge >= 0.3 is 0 Å². The fourth-order valence-corrected chi connectivity index (χ4v) is 7.92. The highest BCUT2D eigenvalue weighted by Crippen LogP contribution is 2.37. The van der Waals surface area contributed by atoms with Gasteiger partial charge in [0.1, 0.15) is 11.2 Å². The van der Waals surface area contributed by atoms with Gasteiger partial charge in [0.05, 0.1) is 11.0 Å². The summed E-state index contributed by atoms with van der Waals surface area (Å²) in [7, 11) is 0. The highest BCUT2D eigenvalue weighted by molar-refractivity contribution is 6.10. The molecule has 0 aliphatic heterocycles. The van der Waals surface area contributed by atoms with E-state index < -0.39 is 0 Å². The molecular formula is C51H32N4O. The van der Waals surface area contributed by atoms with Gasteiger partial charge in [-0.1, -0.05) is 146 Å². The molecule has 0 saturated heterocycles. The molecule has 56 heavy (non-hydrogen) atoms. The van der Waals surface area contributed by atoms with Crippen molar-refractivity contribution in [2.45, 2.75) is 0 Å². The van der Waals surface area contributed by atoms with Crippen molar-refractivity contribution < 1.29 is 4.42 Å². The van der Waals surface area contributed by atoms with Crippen LogP contribution in [0, 0.1) is 0 Å². The predicted octanol–water partition coefficient (Wildman–Crippen LogP) is 13.2. The molecule has 3 aromatic heterocycles. The summed E-state index contributed by atoms with van der Waals surface area (Å²) in [5.74, 6) is 1.80. The zero-order valence-electron chi connectivity index (χ0n) is 30.2. The van der Waals surface area contributed by atoms with E-state index in [-0.39, 0.29) is 0 Å². The van der Waals surface area contributed by atoms with Crippen LogP contribution >= 0.6 is 0 Å². The van der Waals surface area contributed by atoms with Gasteiger partial charge in [-0.15, -0.1) is 0 Å². The summed E-state index contributed by atoms with van der Waals surface area (Å²) >= 11 is 0. The van der Waals surface area contributed by atoms with Crippen LogP contribution in [-0.2, 0) is 0 Å². The normalized spacial score (nSPS) is 11.6. The molecule has 5 nitrogen and oxygen atoms in total. The molecule has 0 N–H and O–H groups in total. The van der Waals surface area contributed by atoms with Crippen molar-refractivity contribution in [1.82, 2.24) is 19.5 Å². The highest BCUT2D eigenvalue weighted by atomic mass is 16.3. The summed E-state index contributed by atoms with van der Waals surface area (Å²) in [5, 5.41) is 4.55. The van der Waals surface area contributed by atoms with Crippen molar-refractivity contribution in [3.8, 4) is 62.1 Å². The van der Waals surface area contributed by atoms with E-state index >= 15 is 0 Å². The van der Waals surface area contributed by atoms with Gasteiger partial charge in [0.2, 0.25) is 0 Å². The molecule has 0 aliphatic carbocycles. The fraction of sp³-hybridized carbons (Fsp3) is 0. The van der Waals surface area contributed by atoms with Crippen LogP contribution in [0.1, 0.15) is 0 Å². The van der Waals surface area contributed by atoms with E-state index in [0.717, 1.165) is 55.3 Å². The Morgan fingerprint density at radius 1 is 0.304 bits per heavy atom. The molecular weight excluding hydrogens is 685 g/mol. The Morgan fingerprint density at radius 3 is 1.59 bits per heavy atom. The number of aromatic nitrogens is 4. The smallest absolute Gasteiger partial charge is 0.164 e. The monoisotopic (exact) mass is 716 g/mol. The van der Waals surface area contributed by atoms with Crippen LogP contribution in [0.3, 0.4) is 0 Å². The first kappa shape index (κ1) is 31.9. The maximum atomic E-state index is 6.25. The van der Waals surface area contributed by atoms with E-state index in [1.165, 1.54) is 33.0 Å². The SMILES string of the molecule is c1ccc(-c2ccc(-c3ccc4c(c3)c3ccccc3n4-c3cccc(-c4nc(-c5ccccc5)nc(-c5ccc6c(c5)oc5ccccc56)n4)c3)cc2)cc1. The number of fused-ring (bicyclic) bond motifs is 6. The van der Waals surface area contributed by atoms with E-state index in [1.54, 1.807) is 0 Å². The van der Waals surface area contributed by atoms with E-state index in [2.05, 4.69) is 144 Å². The Kier molecular flexibility index (Phi) is 7.42. The third kappa shape index (κ3) is 5.45. The van der Waals surface area contributed by atoms with Crippen LogP contribution in [-0.4, -0.2) is 19.5 Å². The van der Waals surface area contributed by atoms with Crippen molar-refractivity contribution in [2.75, 3.05) is 0 Å². The number of furan rings is 1. The Balaban J connectivity index is 1.02. The maximum absolute atomic E-state index is 6.25. The summed E-state index contributed by atoms with van der Waals surface area (Å²) in [6.45, 7) is 0. The summed E-state index contributed by atoms with van der Waals surface area (Å²) in [6.07, 6.45) is 0. The average molecular weight is 717 g/mol. The van der Waals surface area contributed by atoms with Crippen LogP contribution in [0.5, 0.6) is 0 Å². The van der Waals surface area contributed by atoms with Crippen molar-refractivity contribution in [2.24, 2.45) is 0 Å². The third-order valence-electron chi connectivity index (χ3n) is 10.7. The molecule has 3 heterocycles. The molecule has 0 amide bonds. The molecule has 0 atom stereocenters. The standard InChI is InChI=1S/C51H32N4O/c1-3-12-33(13-4-1)34-22-24-35(25-23-34)37-27-29-46-44(31-37)41-18-7-9-20-45(41)55(46)40-17-11-16-38(30-40)50-52-49(36-14-5-2-6-15-36)53-51(54-50)39-26-28-43-42-19-8-10-21-47(42)56-48(43)32-39/h1-32H. The number of nitrogens with zero attached hydrogens (tertiary/aromatic N) is 4. The Labute approximate surface area is 322 Å². The van der Waals surface area contributed by atoms with Crippen molar-refractivity contribution in [3.63, 3.8) is 0 Å². The first-order valence-electron chi connectivity index (χ1n) is 18.8. The van der Waals surface area contributed by atoms with E-state index in [1.807, 2.05) is 54.6 Å². The van der Waals surface area contributed by atoms with E-state index in [4.69, 9.17) is 19.4 Å². The maximum Gasteiger partial charge on any atom is 0.164 e. The van der Waals surface area contributed by atoms with Crippen LogP contribution < -0.4 is 0 Å². The first-order valence-corrected chi connectivity index (χ1v) is 18.8. The minimum Gasteiger partial charge on any atom is -0.456 e. The lowest BCUT2D eigenvalue weighted by Crippen LogP contribution is -2.01. The second-order valence-electron chi connectivity index (χ2n) is 14.1. The quantitative estimate of drug-likeness (QED) is 0.172. The zero-order chi connectivity index (χ0) is 37.0. The van der Waals surface area contributed by atoms with Gasteiger partial charge in [-0.2, -0.15) is 0 Å². The number of para-hydroxylation sites is 2. The summed E-state index contributed by atoms with van der Waals surface area (Å²) in [5.41, 5.74) is 12.4. The van der Waals surface area contributed by atoms with Gasteiger partial charge in [-0.05, 0) is 70.8 Å². The Bertz CT molecular complexity index is 3240. The summed E-state index contributed by atoms with van der Waals surface area (Å²) < 4.78 is 8.59. The molecule has 11 rings (SSSR count). The third-order valence-corrected chi connectivity index (χ3v) is 10.7. The topological polar surface area (TPSA) is 56.7 Å². The van der Waals surface area contributed by atoms with Crippen LogP contribution in [0.25, 0.3) is 106 Å². The van der Waals surface area contributed by atoms with Crippen LogP contribution in [0.4, 0.5) is 0 Å². The number of hydrogen-bond acceptors (Lipinski definition) is 4.